The van der Waals surface area contributed by atoms with Gasteiger partial charge in [0.25, 0.3) is 0 Å². The molecule has 0 aliphatic heterocycles. The maximum absolute atomic E-state index is 12.8. The van der Waals surface area contributed by atoms with E-state index in [4.69, 9.17) is 14.2 Å². The number of unbranched alkanes of at least 4 members (excludes halogenated alkanes) is 21. The minimum atomic E-state index is -0.787. The number of hydrogen-bond acceptors (Lipinski definition) is 6. The first-order valence-corrected chi connectivity index (χ1v) is 29.5. The molecule has 0 bridgehead atoms. The van der Waals surface area contributed by atoms with Gasteiger partial charge in [0, 0.05) is 19.3 Å². The lowest BCUT2D eigenvalue weighted by atomic mass is 10.1. The highest BCUT2D eigenvalue weighted by molar-refractivity contribution is 5.71. The van der Waals surface area contributed by atoms with E-state index in [1.165, 1.54) is 77.0 Å². The second kappa shape index (κ2) is 59.4. The van der Waals surface area contributed by atoms with Crippen molar-refractivity contribution in [1.82, 2.24) is 0 Å². The van der Waals surface area contributed by atoms with Crippen LogP contribution in [0.15, 0.2) is 122 Å². The first-order valence-electron chi connectivity index (χ1n) is 29.5. The molecule has 1 atom stereocenters. The third-order valence-corrected chi connectivity index (χ3v) is 12.2. The molecule has 408 valence electrons. The lowest BCUT2D eigenvalue weighted by Gasteiger charge is -2.18. The minimum absolute atomic E-state index is 0.0875. The van der Waals surface area contributed by atoms with Crippen LogP contribution < -0.4 is 0 Å². The van der Waals surface area contributed by atoms with Gasteiger partial charge in [-0.25, -0.2) is 0 Å². The largest absolute Gasteiger partial charge is 0.462 e. The Morgan fingerprint density at radius 3 is 0.875 bits per heavy atom. The Hall–Kier alpha value is -4.19. The lowest BCUT2D eigenvalue weighted by molar-refractivity contribution is -0.167. The molecular weight excluding hydrogens is 889 g/mol. The second-order valence-corrected chi connectivity index (χ2v) is 19.2. The minimum Gasteiger partial charge on any atom is -0.462 e. The molecule has 0 spiro atoms. The maximum atomic E-state index is 12.8. The van der Waals surface area contributed by atoms with Gasteiger partial charge in [0.15, 0.2) is 6.10 Å². The van der Waals surface area contributed by atoms with Gasteiger partial charge in [0.1, 0.15) is 13.2 Å². The van der Waals surface area contributed by atoms with E-state index >= 15 is 0 Å². The van der Waals surface area contributed by atoms with Gasteiger partial charge in [-0.15, -0.1) is 0 Å². The number of hydrogen-bond donors (Lipinski definition) is 0. The normalized spacial score (nSPS) is 13.0. The van der Waals surface area contributed by atoms with Crippen molar-refractivity contribution in [3.8, 4) is 0 Å². The van der Waals surface area contributed by atoms with Crippen molar-refractivity contribution in [2.24, 2.45) is 0 Å². The van der Waals surface area contributed by atoms with Crippen LogP contribution in [0.4, 0.5) is 0 Å². The highest BCUT2D eigenvalue weighted by atomic mass is 16.6. The average Bonchev–Trinajstić information content (AvgIpc) is 3.38. The molecular formula is C66H108O6. The fourth-order valence-corrected chi connectivity index (χ4v) is 7.78. The van der Waals surface area contributed by atoms with Crippen molar-refractivity contribution in [2.75, 3.05) is 13.2 Å². The Balaban J connectivity index is 4.12. The number of carbonyl (C=O) groups excluding carboxylic acids is 3. The molecule has 0 rings (SSSR count). The fraction of sp³-hybridized carbons (Fsp3) is 0.652. The van der Waals surface area contributed by atoms with Gasteiger partial charge >= 0.3 is 17.9 Å². The summed E-state index contributed by atoms with van der Waals surface area (Å²) >= 11 is 0. The molecule has 0 fully saturated rings. The third-order valence-electron chi connectivity index (χ3n) is 12.2. The molecule has 0 aromatic carbocycles. The first kappa shape index (κ1) is 67.8. The predicted octanol–water partition coefficient (Wildman–Crippen LogP) is 20.0. The summed E-state index contributed by atoms with van der Waals surface area (Å²) in [5.74, 6) is -0.922. The quantitative estimate of drug-likeness (QED) is 0.0261. The molecule has 0 aromatic rings. The van der Waals surface area contributed by atoms with Gasteiger partial charge in [-0.1, -0.05) is 245 Å². The highest BCUT2D eigenvalue weighted by Gasteiger charge is 2.19. The van der Waals surface area contributed by atoms with Crippen molar-refractivity contribution < 1.29 is 28.6 Å². The maximum Gasteiger partial charge on any atom is 0.306 e. The Labute approximate surface area is 443 Å². The van der Waals surface area contributed by atoms with E-state index in [-0.39, 0.29) is 31.1 Å². The fourth-order valence-electron chi connectivity index (χ4n) is 7.78. The van der Waals surface area contributed by atoms with Crippen molar-refractivity contribution >= 4 is 17.9 Å². The Kier molecular flexibility index (Phi) is 55.9. The zero-order chi connectivity index (χ0) is 52.2. The molecule has 72 heavy (non-hydrogen) atoms. The van der Waals surface area contributed by atoms with Gasteiger partial charge in [-0.2, -0.15) is 0 Å². The number of ether oxygens (including phenoxy) is 3. The van der Waals surface area contributed by atoms with Crippen LogP contribution in [0.25, 0.3) is 0 Å². The summed E-state index contributed by atoms with van der Waals surface area (Å²) in [5.41, 5.74) is 0. The smallest absolute Gasteiger partial charge is 0.306 e. The van der Waals surface area contributed by atoms with Crippen molar-refractivity contribution in [1.29, 1.82) is 0 Å². The molecule has 0 radical (unpaired) electrons. The van der Waals surface area contributed by atoms with Crippen LogP contribution in [0.5, 0.6) is 0 Å². The number of rotatable bonds is 52. The van der Waals surface area contributed by atoms with E-state index in [2.05, 4.69) is 142 Å². The zero-order valence-electron chi connectivity index (χ0n) is 46.7. The average molecular weight is 998 g/mol. The van der Waals surface area contributed by atoms with E-state index in [0.29, 0.717) is 19.3 Å². The molecule has 0 aromatic heterocycles. The van der Waals surface area contributed by atoms with E-state index < -0.39 is 6.10 Å². The highest BCUT2D eigenvalue weighted by Crippen LogP contribution is 2.14. The summed E-state index contributed by atoms with van der Waals surface area (Å²) in [7, 11) is 0. The number of carbonyl (C=O) groups is 3. The Morgan fingerprint density at radius 1 is 0.292 bits per heavy atom. The standard InChI is InChI=1S/C66H108O6/c1-4-7-10-13-16-18-20-22-24-25-26-27-28-29-30-31-32-33-34-35-36-37-38-39-40-41-43-44-46-48-50-53-56-59-65(68)71-62-63(61-70-64(67)58-55-52-15-12-9-6-3)72-66(69)60-57-54-51-49-47-45-42-23-21-19-17-14-11-8-5-2/h7,10,16-19,22-24,26-27,29-30,32-33,35-36,38-39,42,63H,4-6,8-9,11-15,20-21,25,28,31,34,37,40-41,43-62H2,1-3H3/b10-7-,18-16-,19-17-,24-22-,27-26-,30-29-,33-32-,36-35-,39-38-,42-23-. The number of allylic oxidation sites excluding steroid dienone is 20. The van der Waals surface area contributed by atoms with Crippen LogP contribution in [0.1, 0.15) is 258 Å². The van der Waals surface area contributed by atoms with Crippen LogP contribution in [-0.2, 0) is 28.6 Å². The van der Waals surface area contributed by atoms with Gasteiger partial charge in [-0.3, -0.25) is 14.4 Å². The molecule has 0 heterocycles. The summed E-state index contributed by atoms with van der Waals surface area (Å²) in [5, 5.41) is 0. The molecule has 0 saturated carbocycles. The van der Waals surface area contributed by atoms with Crippen LogP contribution in [-0.4, -0.2) is 37.2 Å². The van der Waals surface area contributed by atoms with E-state index in [1.54, 1.807) is 0 Å². The summed E-state index contributed by atoms with van der Waals surface area (Å²) in [6.45, 7) is 6.41. The van der Waals surface area contributed by atoms with E-state index in [9.17, 15) is 14.4 Å². The molecule has 0 aliphatic rings. The first-order chi connectivity index (χ1) is 35.5. The molecule has 0 N–H and O–H groups in total. The van der Waals surface area contributed by atoms with Gasteiger partial charge < -0.3 is 14.2 Å². The second-order valence-electron chi connectivity index (χ2n) is 19.2. The van der Waals surface area contributed by atoms with Crippen molar-refractivity contribution in [3.63, 3.8) is 0 Å². The molecule has 0 amide bonds. The van der Waals surface area contributed by atoms with Gasteiger partial charge in [0.05, 0.1) is 0 Å². The summed E-state index contributed by atoms with van der Waals surface area (Å²) < 4.78 is 16.7. The Morgan fingerprint density at radius 2 is 0.542 bits per heavy atom. The van der Waals surface area contributed by atoms with Crippen LogP contribution in [0, 0.1) is 0 Å². The topological polar surface area (TPSA) is 78.9 Å². The van der Waals surface area contributed by atoms with E-state index in [0.717, 1.165) is 141 Å². The predicted molar refractivity (Wildman–Crippen MR) is 311 cm³/mol. The molecule has 1 unspecified atom stereocenters. The van der Waals surface area contributed by atoms with Crippen molar-refractivity contribution in [3.05, 3.63) is 122 Å². The van der Waals surface area contributed by atoms with Crippen LogP contribution in [0.2, 0.25) is 0 Å². The summed E-state index contributed by atoms with van der Waals surface area (Å²) in [4.78, 5) is 37.9. The molecule has 0 aliphatic carbocycles. The summed E-state index contributed by atoms with van der Waals surface area (Å²) in [6.07, 6.45) is 82.3. The van der Waals surface area contributed by atoms with Gasteiger partial charge in [-0.05, 0) is 116 Å². The van der Waals surface area contributed by atoms with Crippen LogP contribution in [0.3, 0.4) is 0 Å². The monoisotopic (exact) mass is 997 g/mol. The molecule has 0 saturated heterocycles. The SMILES string of the molecule is CC/C=C\C/C=C\C/C=C\C/C=C\C/C=C\C/C=C\C/C=C\C/C=C\CCCCCCCCCCC(=O)OCC(COC(=O)CCCCCCCC)OC(=O)CCCCCCC/C=C\C/C=C\CCCCC. The lowest BCUT2D eigenvalue weighted by Crippen LogP contribution is -2.30. The van der Waals surface area contributed by atoms with Crippen LogP contribution >= 0.6 is 0 Å². The van der Waals surface area contributed by atoms with Gasteiger partial charge in [0.2, 0.25) is 0 Å². The molecule has 6 nitrogen and oxygen atoms in total. The zero-order valence-corrected chi connectivity index (χ0v) is 46.7. The number of esters is 3. The van der Waals surface area contributed by atoms with Crippen molar-refractivity contribution in [2.45, 2.75) is 264 Å². The third kappa shape index (κ3) is 56.7. The summed E-state index contributed by atoms with van der Waals surface area (Å²) in [6, 6.07) is 0. The molecule has 6 heteroatoms. The van der Waals surface area contributed by atoms with E-state index in [1.807, 2.05) is 0 Å². The Bertz CT molecular complexity index is 1520.